The number of nitrogens with zero attached hydrogens (tertiary/aromatic N) is 4. The van der Waals surface area contributed by atoms with Gasteiger partial charge < -0.3 is 4.42 Å². The van der Waals surface area contributed by atoms with Crippen LogP contribution in [0.1, 0.15) is 0 Å². The highest BCUT2D eigenvalue weighted by Gasteiger charge is 2.14. The second-order valence-electron chi connectivity index (χ2n) is 9.66. The number of hydrogen-bond acceptors (Lipinski definition) is 5. The Kier molecular flexibility index (Phi) is 4.76. The molecule has 5 heteroatoms. The molecular formula is C34H20N4O. The number of pyridine rings is 3. The smallest absolute Gasteiger partial charge is 0.227 e. The Morgan fingerprint density at radius 2 is 1.28 bits per heavy atom. The summed E-state index contributed by atoms with van der Waals surface area (Å²) in [6.45, 7) is 0. The first kappa shape index (κ1) is 21.6. The molecule has 8 aromatic rings. The fraction of sp³-hybridized carbons (Fsp3) is 0. The lowest BCUT2D eigenvalue weighted by molar-refractivity contribution is 0.620. The quantitative estimate of drug-likeness (QED) is 0.228. The number of aromatic nitrogens is 4. The summed E-state index contributed by atoms with van der Waals surface area (Å²) in [7, 11) is 0. The maximum absolute atomic E-state index is 6.18. The fourth-order valence-electron chi connectivity index (χ4n) is 5.24. The van der Waals surface area contributed by atoms with Crippen LogP contribution in [0.2, 0.25) is 0 Å². The molecule has 39 heavy (non-hydrogen) atoms. The van der Waals surface area contributed by atoms with E-state index >= 15 is 0 Å². The average Bonchev–Trinajstić information content (AvgIpc) is 3.45. The van der Waals surface area contributed by atoms with Gasteiger partial charge in [0.1, 0.15) is 5.52 Å². The Balaban J connectivity index is 1.34. The van der Waals surface area contributed by atoms with Crippen molar-refractivity contribution in [1.82, 2.24) is 19.9 Å². The summed E-state index contributed by atoms with van der Waals surface area (Å²) in [5.74, 6) is 0.589. The van der Waals surface area contributed by atoms with Gasteiger partial charge in [-0.3, -0.25) is 15.0 Å². The van der Waals surface area contributed by atoms with E-state index in [9.17, 15) is 0 Å². The monoisotopic (exact) mass is 500 g/mol. The van der Waals surface area contributed by atoms with Gasteiger partial charge in [0.2, 0.25) is 5.89 Å². The molecule has 4 aromatic heterocycles. The van der Waals surface area contributed by atoms with E-state index in [-0.39, 0.29) is 0 Å². The minimum atomic E-state index is 0.589. The van der Waals surface area contributed by atoms with Gasteiger partial charge in [-0.25, -0.2) is 4.98 Å². The Hall–Kier alpha value is -5.42. The van der Waals surface area contributed by atoms with Crippen molar-refractivity contribution >= 4 is 43.7 Å². The van der Waals surface area contributed by atoms with Gasteiger partial charge in [-0.05, 0) is 76.7 Å². The first-order valence-electron chi connectivity index (χ1n) is 12.8. The Morgan fingerprint density at radius 1 is 0.487 bits per heavy atom. The lowest BCUT2D eigenvalue weighted by Gasteiger charge is -2.11. The highest BCUT2D eigenvalue weighted by atomic mass is 16.3. The van der Waals surface area contributed by atoms with E-state index in [1.165, 1.54) is 0 Å². The lowest BCUT2D eigenvalue weighted by Crippen LogP contribution is -1.89. The summed E-state index contributed by atoms with van der Waals surface area (Å²) in [6, 6.07) is 33.2. The molecule has 8 rings (SSSR count). The van der Waals surface area contributed by atoms with Crippen molar-refractivity contribution in [2.24, 2.45) is 0 Å². The summed E-state index contributed by atoms with van der Waals surface area (Å²) < 4.78 is 6.18. The van der Waals surface area contributed by atoms with Crippen LogP contribution in [0, 0.1) is 0 Å². The van der Waals surface area contributed by atoms with Crippen molar-refractivity contribution in [3.63, 3.8) is 0 Å². The van der Waals surface area contributed by atoms with E-state index in [1.807, 2.05) is 61.2 Å². The topological polar surface area (TPSA) is 64.7 Å². The van der Waals surface area contributed by atoms with E-state index in [4.69, 9.17) is 14.4 Å². The molecule has 4 aromatic carbocycles. The zero-order valence-electron chi connectivity index (χ0n) is 20.7. The molecule has 0 aliphatic heterocycles. The molecule has 0 radical (unpaired) electrons. The highest BCUT2D eigenvalue weighted by Crippen LogP contribution is 2.35. The van der Waals surface area contributed by atoms with Crippen LogP contribution in [0.3, 0.4) is 0 Å². The minimum absolute atomic E-state index is 0.589. The molecule has 0 N–H and O–H groups in total. The molecular weight excluding hydrogens is 480 g/mol. The predicted octanol–water partition coefficient (Wildman–Crippen LogP) is 8.47. The predicted molar refractivity (Wildman–Crippen MR) is 156 cm³/mol. The van der Waals surface area contributed by atoms with Gasteiger partial charge in [0.15, 0.2) is 5.58 Å². The third-order valence-electron chi connectivity index (χ3n) is 7.20. The van der Waals surface area contributed by atoms with Crippen molar-refractivity contribution in [2.45, 2.75) is 0 Å². The first-order valence-corrected chi connectivity index (χ1v) is 12.8. The summed E-state index contributed by atoms with van der Waals surface area (Å²) in [5, 5.41) is 4.37. The average molecular weight is 501 g/mol. The molecule has 182 valence electrons. The Bertz CT molecular complexity index is 2170. The second-order valence-corrected chi connectivity index (χ2v) is 9.66. The van der Waals surface area contributed by atoms with Crippen LogP contribution >= 0.6 is 0 Å². The maximum Gasteiger partial charge on any atom is 0.227 e. The van der Waals surface area contributed by atoms with Gasteiger partial charge in [0.25, 0.3) is 0 Å². The molecule has 0 spiro atoms. The normalized spacial score (nSPS) is 11.6. The van der Waals surface area contributed by atoms with Crippen LogP contribution in [-0.4, -0.2) is 19.9 Å². The second kappa shape index (κ2) is 8.57. The molecule has 0 aliphatic carbocycles. The third kappa shape index (κ3) is 3.71. The number of hydrogen-bond donors (Lipinski definition) is 0. The van der Waals surface area contributed by atoms with Crippen LogP contribution < -0.4 is 0 Å². The third-order valence-corrected chi connectivity index (χ3v) is 7.20. The molecule has 4 heterocycles. The Labute approximate surface area is 223 Å². The van der Waals surface area contributed by atoms with Crippen molar-refractivity contribution < 1.29 is 4.42 Å². The van der Waals surface area contributed by atoms with Crippen LogP contribution in [0.4, 0.5) is 0 Å². The molecule has 0 unspecified atom stereocenters. The Morgan fingerprint density at radius 3 is 2.23 bits per heavy atom. The molecule has 0 amide bonds. The largest absolute Gasteiger partial charge is 0.436 e. The fourth-order valence-corrected chi connectivity index (χ4v) is 5.24. The van der Waals surface area contributed by atoms with E-state index in [1.54, 1.807) is 0 Å². The van der Waals surface area contributed by atoms with Crippen LogP contribution in [0.25, 0.3) is 77.4 Å². The van der Waals surface area contributed by atoms with E-state index in [0.29, 0.717) is 5.89 Å². The molecule has 0 fully saturated rings. The molecule has 0 aliphatic rings. The summed E-state index contributed by atoms with van der Waals surface area (Å²) in [6.07, 6.45) is 7.46. The standard InChI is InChI=1S/C34H20N4O/c1-2-6-31-30(5-1)38-34(39-31)27-17-25(23-9-7-21-11-13-35-19-28(21)14-23)16-26(18-27)29-15-24-10-8-22-4-3-12-36-32(22)33(24)37-20-29/h1-20H. The number of benzene rings is 4. The van der Waals surface area contributed by atoms with E-state index in [0.717, 1.165) is 71.5 Å². The van der Waals surface area contributed by atoms with Crippen LogP contribution in [-0.2, 0) is 0 Å². The molecule has 0 bridgehead atoms. The van der Waals surface area contributed by atoms with Crippen LogP contribution in [0.5, 0.6) is 0 Å². The number of rotatable bonds is 3. The van der Waals surface area contributed by atoms with Gasteiger partial charge in [0.05, 0.1) is 11.0 Å². The van der Waals surface area contributed by atoms with Gasteiger partial charge in [-0.1, -0.05) is 42.5 Å². The first-order chi connectivity index (χ1) is 19.3. The van der Waals surface area contributed by atoms with Gasteiger partial charge in [0, 0.05) is 52.1 Å². The zero-order valence-corrected chi connectivity index (χ0v) is 20.7. The highest BCUT2D eigenvalue weighted by molar-refractivity contribution is 6.03. The maximum atomic E-state index is 6.18. The summed E-state index contributed by atoms with van der Waals surface area (Å²) >= 11 is 0. The summed E-state index contributed by atoms with van der Waals surface area (Å²) in [5.41, 5.74) is 8.53. The van der Waals surface area contributed by atoms with Crippen LogP contribution in [0.15, 0.2) is 126 Å². The molecule has 5 nitrogen and oxygen atoms in total. The summed E-state index contributed by atoms with van der Waals surface area (Å²) in [4.78, 5) is 18.5. The van der Waals surface area contributed by atoms with Gasteiger partial charge in [-0.15, -0.1) is 0 Å². The van der Waals surface area contributed by atoms with Crippen molar-refractivity contribution in [1.29, 1.82) is 0 Å². The number of oxazole rings is 1. The zero-order chi connectivity index (χ0) is 25.8. The van der Waals surface area contributed by atoms with Crippen molar-refractivity contribution in [3.05, 3.63) is 122 Å². The van der Waals surface area contributed by atoms with Crippen molar-refractivity contribution in [3.8, 4) is 33.7 Å². The van der Waals surface area contributed by atoms with E-state index in [2.05, 4.69) is 70.6 Å². The van der Waals surface area contributed by atoms with E-state index < -0.39 is 0 Å². The molecule has 0 atom stereocenters. The lowest BCUT2D eigenvalue weighted by atomic mass is 9.95. The number of fused-ring (bicyclic) bond motifs is 5. The molecule has 0 saturated heterocycles. The van der Waals surface area contributed by atoms with Gasteiger partial charge >= 0.3 is 0 Å². The SMILES string of the molecule is c1cnc2c(c1)ccc1cc(-c3cc(-c4ccc5ccncc5c4)cc(-c4nc5ccccc5o4)c3)cnc12. The van der Waals surface area contributed by atoms with Gasteiger partial charge in [-0.2, -0.15) is 0 Å². The number of para-hydroxylation sites is 2. The molecule has 0 saturated carbocycles. The van der Waals surface area contributed by atoms with Crippen molar-refractivity contribution in [2.75, 3.05) is 0 Å². The minimum Gasteiger partial charge on any atom is -0.436 e.